The predicted octanol–water partition coefficient (Wildman–Crippen LogP) is 3.43. The topological polar surface area (TPSA) is 20.2 Å². The first-order chi connectivity index (χ1) is 7.05. The van der Waals surface area contributed by atoms with E-state index >= 15 is 0 Å². The molecule has 1 nitrogen and oxygen atoms in total. The van der Waals surface area contributed by atoms with Crippen molar-refractivity contribution in [2.75, 3.05) is 0 Å². The zero-order valence-electron chi connectivity index (χ0n) is 9.04. The van der Waals surface area contributed by atoms with Gasteiger partial charge in [-0.05, 0) is 37.0 Å². The molecule has 0 aromatic heterocycles. The van der Waals surface area contributed by atoms with Crippen molar-refractivity contribution in [3.63, 3.8) is 0 Å². The number of benzene rings is 1. The summed E-state index contributed by atoms with van der Waals surface area (Å²) in [6.07, 6.45) is 4.18. The van der Waals surface area contributed by atoms with E-state index in [1.54, 1.807) is 0 Å². The summed E-state index contributed by atoms with van der Waals surface area (Å²) in [5.41, 5.74) is 0.541. The molecule has 15 heavy (non-hydrogen) atoms. The minimum Gasteiger partial charge on any atom is -0.390 e. The number of hydrogen-bond acceptors (Lipinski definition) is 1. The van der Waals surface area contributed by atoms with Gasteiger partial charge in [0.1, 0.15) is 0 Å². The maximum atomic E-state index is 10.2. The summed E-state index contributed by atoms with van der Waals surface area (Å²) in [4.78, 5) is 0. The molecule has 0 spiro atoms. The van der Waals surface area contributed by atoms with E-state index in [-0.39, 0.29) is 0 Å². The molecule has 82 valence electrons. The Morgan fingerprint density at radius 2 is 2.20 bits per heavy atom. The van der Waals surface area contributed by atoms with Crippen molar-refractivity contribution in [3.05, 3.63) is 34.9 Å². The predicted molar refractivity (Wildman–Crippen MR) is 63.1 cm³/mol. The summed E-state index contributed by atoms with van der Waals surface area (Å²) < 4.78 is 0. The van der Waals surface area contributed by atoms with Crippen LogP contribution in [0.25, 0.3) is 0 Å². The van der Waals surface area contributed by atoms with Gasteiger partial charge in [0.05, 0.1) is 5.60 Å². The fraction of sp³-hybridized carbons (Fsp3) is 0.538. The Morgan fingerprint density at radius 1 is 1.47 bits per heavy atom. The Labute approximate surface area is 96.1 Å². The minimum absolute atomic E-state index is 0.578. The number of rotatable bonds is 4. The van der Waals surface area contributed by atoms with Crippen LogP contribution in [0.4, 0.5) is 0 Å². The number of halogens is 1. The molecule has 2 rings (SSSR count). The van der Waals surface area contributed by atoms with Crippen molar-refractivity contribution < 1.29 is 5.11 Å². The maximum absolute atomic E-state index is 10.2. The summed E-state index contributed by atoms with van der Waals surface area (Å²) in [6, 6.07) is 7.75. The highest BCUT2D eigenvalue weighted by molar-refractivity contribution is 6.30. The lowest BCUT2D eigenvalue weighted by Crippen LogP contribution is -2.27. The normalized spacial score (nSPS) is 19.9. The minimum atomic E-state index is -0.578. The molecule has 1 atom stereocenters. The Balaban J connectivity index is 1.99. The molecule has 0 bridgehead atoms. The molecule has 1 saturated carbocycles. The lowest BCUT2D eigenvalue weighted by molar-refractivity contribution is 0.0455. The molecule has 1 aromatic carbocycles. The van der Waals surface area contributed by atoms with Crippen molar-refractivity contribution >= 4 is 11.6 Å². The van der Waals surface area contributed by atoms with Gasteiger partial charge in [-0.3, -0.25) is 0 Å². The van der Waals surface area contributed by atoms with E-state index < -0.39 is 5.60 Å². The third-order valence-electron chi connectivity index (χ3n) is 2.90. The van der Waals surface area contributed by atoms with Crippen LogP contribution in [0.3, 0.4) is 0 Å². The lowest BCUT2D eigenvalue weighted by atomic mass is 9.91. The van der Waals surface area contributed by atoms with E-state index in [1.807, 2.05) is 31.2 Å². The van der Waals surface area contributed by atoms with Gasteiger partial charge in [0.2, 0.25) is 0 Å². The van der Waals surface area contributed by atoms with Crippen LogP contribution in [-0.2, 0) is 6.42 Å². The third kappa shape index (κ3) is 3.51. The van der Waals surface area contributed by atoms with Crippen molar-refractivity contribution in [2.24, 2.45) is 5.92 Å². The summed E-state index contributed by atoms with van der Waals surface area (Å²) in [5, 5.41) is 11.0. The Hall–Kier alpha value is -0.530. The van der Waals surface area contributed by atoms with E-state index in [0.29, 0.717) is 6.42 Å². The van der Waals surface area contributed by atoms with Gasteiger partial charge in [-0.15, -0.1) is 0 Å². The van der Waals surface area contributed by atoms with Gasteiger partial charge in [0.25, 0.3) is 0 Å². The SMILES string of the molecule is CC(O)(Cc1cccc(Cl)c1)CC1CC1. The summed E-state index contributed by atoms with van der Waals surface area (Å²) >= 11 is 5.91. The van der Waals surface area contributed by atoms with Crippen LogP contribution in [0.2, 0.25) is 5.02 Å². The standard InChI is InChI=1S/C13H17ClO/c1-13(15,8-10-5-6-10)9-11-3-2-4-12(14)7-11/h2-4,7,10,15H,5-6,8-9H2,1H3. The third-order valence-corrected chi connectivity index (χ3v) is 3.13. The largest absolute Gasteiger partial charge is 0.390 e. The molecular formula is C13H17ClO. The van der Waals surface area contributed by atoms with Gasteiger partial charge in [-0.25, -0.2) is 0 Å². The van der Waals surface area contributed by atoms with Gasteiger partial charge in [-0.2, -0.15) is 0 Å². The van der Waals surface area contributed by atoms with E-state index in [0.717, 1.165) is 22.9 Å². The lowest BCUT2D eigenvalue weighted by Gasteiger charge is -2.23. The maximum Gasteiger partial charge on any atom is 0.0662 e. The average Bonchev–Trinajstić information content (AvgIpc) is 2.86. The molecule has 1 aliphatic carbocycles. The molecular weight excluding hydrogens is 208 g/mol. The van der Waals surface area contributed by atoms with Gasteiger partial charge in [0, 0.05) is 11.4 Å². The summed E-state index contributed by atoms with van der Waals surface area (Å²) in [5.74, 6) is 0.749. The highest BCUT2D eigenvalue weighted by Gasteiger charge is 2.31. The van der Waals surface area contributed by atoms with Crippen molar-refractivity contribution in [2.45, 2.75) is 38.2 Å². The first-order valence-electron chi connectivity index (χ1n) is 5.52. The second kappa shape index (κ2) is 4.15. The van der Waals surface area contributed by atoms with Crippen molar-refractivity contribution in [1.82, 2.24) is 0 Å². The van der Waals surface area contributed by atoms with Crippen LogP contribution in [0.15, 0.2) is 24.3 Å². The van der Waals surface area contributed by atoms with Gasteiger partial charge < -0.3 is 5.11 Å². The Kier molecular flexibility index (Phi) is 3.03. The van der Waals surface area contributed by atoms with E-state index in [4.69, 9.17) is 11.6 Å². The van der Waals surface area contributed by atoms with Crippen LogP contribution in [0.1, 0.15) is 31.7 Å². The monoisotopic (exact) mass is 224 g/mol. The Morgan fingerprint density at radius 3 is 2.80 bits per heavy atom. The van der Waals surface area contributed by atoms with Crippen LogP contribution in [-0.4, -0.2) is 10.7 Å². The van der Waals surface area contributed by atoms with E-state index in [2.05, 4.69) is 0 Å². The highest BCUT2D eigenvalue weighted by Crippen LogP contribution is 2.37. The number of hydrogen-bond donors (Lipinski definition) is 1. The fourth-order valence-electron chi connectivity index (χ4n) is 2.10. The molecule has 1 N–H and O–H groups in total. The first kappa shape index (κ1) is 11.0. The fourth-order valence-corrected chi connectivity index (χ4v) is 2.32. The van der Waals surface area contributed by atoms with E-state index in [9.17, 15) is 5.11 Å². The van der Waals surface area contributed by atoms with Crippen LogP contribution in [0, 0.1) is 5.92 Å². The van der Waals surface area contributed by atoms with Crippen LogP contribution < -0.4 is 0 Å². The summed E-state index contributed by atoms with van der Waals surface area (Å²) in [6.45, 7) is 1.92. The molecule has 0 amide bonds. The first-order valence-corrected chi connectivity index (χ1v) is 5.90. The molecule has 0 radical (unpaired) electrons. The average molecular weight is 225 g/mol. The molecule has 0 saturated heterocycles. The zero-order valence-corrected chi connectivity index (χ0v) is 9.80. The highest BCUT2D eigenvalue weighted by atomic mass is 35.5. The zero-order chi connectivity index (χ0) is 10.9. The summed E-state index contributed by atoms with van der Waals surface area (Å²) in [7, 11) is 0. The van der Waals surface area contributed by atoms with Crippen molar-refractivity contribution in [1.29, 1.82) is 0 Å². The molecule has 2 heteroatoms. The van der Waals surface area contributed by atoms with Crippen LogP contribution in [0.5, 0.6) is 0 Å². The number of aliphatic hydroxyl groups is 1. The molecule has 1 aliphatic rings. The Bertz CT molecular complexity index is 342. The van der Waals surface area contributed by atoms with Gasteiger partial charge >= 0.3 is 0 Å². The van der Waals surface area contributed by atoms with Gasteiger partial charge in [0.15, 0.2) is 0 Å². The van der Waals surface area contributed by atoms with Gasteiger partial charge in [-0.1, -0.05) is 36.6 Å². The quantitative estimate of drug-likeness (QED) is 0.831. The molecule has 0 aliphatic heterocycles. The smallest absolute Gasteiger partial charge is 0.0662 e. The second-order valence-electron chi connectivity index (χ2n) is 4.95. The molecule has 1 fully saturated rings. The second-order valence-corrected chi connectivity index (χ2v) is 5.39. The van der Waals surface area contributed by atoms with E-state index in [1.165, 1.54) is 12.8 Å². The van der Waals surface area contributed by atoms with Crippen LogP contribution >= 0.6 is 11.6 Å². The molecule has 1 aromatic rings. The molecule has 1 unspecified atom stereocenters. The van der Waals surface area contributed by atoms with Crippen molar-refractivity contribution in [3.8, 4) is 0 Å². The molecule has 0 heterocycles.